The fraction of sp³-hybridized carbons (Fsp3) is 0.500. The van der Waals surface area contributed by atoms with Crippen molar-refractivity contribution in [3.05, 3.63) is 15.5 Å². The minimum Gasteiger partial charge on any atom is -0.481 e. The van der Waals surface area contributed by atoms with Gasteiger partial charge in [0.05, 0.1) is 16.0 Å². The first-order valence-electron chi connectivity index (χ1n) is 4.16. The van der Waals surface area contributed by atoms with Gasteiger partial charge in [0.25, 0.3) is 6.43 Å². The fourth-order valence-corrected chi connectivity index (χ4v) is 1.73. The Bertz CT molecular complexity index is 368. The first-order chi connectivity index (χ1) is 6.91. The molecule has 1 aromatic rings. The molecule has 0 saturated heterocycles. The number of carboxylic acids is 1. The van der Waals surface area contributed by atoms with Crippen LogP contribution < -0.4 is 0 Å². The molecule has 0 spiro atoms. The van der Waals surface area contributed by atoms with E-state index < -0.39 is 18.4 Å². The van der Waals surface area contributed by atoms with Crippen LogP contribution in [-0.4, -0.2) is 20.9 Å². The standard InChI is InChI=1S/C8H9F2IN2O2/c1-4(2-6(14)15)13-3-5(11)7(12-13)8(9)10/h3-4,8H,2H2,1H3,(H,14,15)/t4-/m1/s1. The van der Waals surface area contributed by atoms with Crippen LogP contribution in [0, 0.1) is 3.57 Å². The van der Waals surface area contributed by atoms with Crippen molar-refractivity contribution in [1.82, 2.24) is 9.78 Å². The zero-order valence-electron chi connectivity index (χ0n) is 7.82. The van der Waals surface area contributed by atoms with Crippen molar-refractivity contribution < 1.29 is 18.7 Å². The molecular formula is C8H9F2IN2O2. The summed E-state index contributed by atoms with van der Waals surface area (Å²) in [6.45, 7) is 1.62. The number of hydrogen-bond donors (Lipinski definition) is 1. The van der Waals surface area contributed by atoms with E-state index >= 15 is 0 Å². The molecule has 7 heteroatoms. The lowest BCUT2D eigenvalue weighted by Gasteiger charge is -2.08. The van der Waals surface area contributed by atoms with E-state index in [9.17, 15) is 13.6 Å². The van der Waals surface area contributed by atoms with E-state index in [1.165, 1.54) is 10.9 Å². The van der Waals surface area contributed by atoms with Gasteiger partial charge in [-0.1, -0.05) is 0 Å². The van der Waals surface area contributed by atoms with Gasteiger partial charge in [-0.25, -0.2) is 8.78 Å². The molecule has 1 N–H and O–H groups in total. The van der Waals surface area contributed by atoms with Crippen LogP contribution in [0.4, 0.5) is 8.78 Å². The van der Waals surface area contributed by atoms with Crippen molar-refractivity contribution >= 4 is 28.6 Å². The molecule has 0 unspecified atom stereocenters. The second kappa shape index (κ2) is 4.86. The van der Waals surface area contributed by atoms with Crippen LogP contribution in [0.1, 0.15) is 31.5 Å². The summed E-state index contributed by atoms with van der Waals surface area (Å²) in [6.07, 6.45) is -1.34. The van der Waals surface area contributed by atoms with Crippen LogP contribution in [-0.2, 0) is 4.79 Å². The highest BCUT2D eigenvalue weighted by atomic mass is 127. The lowest BCUT2D eigenvalue weighted by atomic mass is 10.2. The van der Waals surface area contributed by atoms with Crippen LogP contribution >= 0.6 is 22.6 Å². The number of aromatic nitrogens is 2. The predicted octanol–water partition coefficient (Wildman–Crippen LogP) is 2.46. The van der Waals surface area contributed by atoms with Gasteiger partial charge in [0.2, 0.25) is 0 Å². The van der Waals surface area contributed by atoms with Crippen LogP contribution in [0.5, 0.6) is 0 Å². The third-order valence-electron chi connectivity index (χ3n) is 1.84. The van der Waals surface area contributed by atoms with Gasteiger partial charge in [0.15, 0.2) is 0 Å². The third-order valence-corrected chi connectivity index (χ3v) is 2.67. The second-order valence-corrected chi connectivity index (χ2v) is 4.25. The predicted molar refractivity (Wildman–Crippen MR) is 56.9 cm³/mol. The first kappa shape index (κ1) is 12.3. The first-order valence-corrected chi connectivity index (χ1v) is 5.24. The number of hydrogen-bond acceptors (Lipinski definition) is 2. The minimum absolute atomic E-state index is 0.138. The van der Waals surface area contributed by atoms with Crippen molar-refractivity contribution in [1.29, 1.82) is 0 Å². The number of alkyl halides is 2. The molecule has 1 aromatic heterocycles. The molecule has 0 aliphatic heterocycles. The molecule has 0 bridgehead atoms. The van der Waals surface area contributed by atoms with Gasteiger partial charge in [-0.2, -0.15) is 5.10 Å². The molecular weight excluding hydrogens is 321 g/mol. The van der Waals surface area contributed by atoms with Crippen molar-refractivity contribution in [2.24, 2.45) is 0 Å². The summed E-state index contributed by atoms with van der Waals surface area (Å²) in [5.74, 6) is -0.980. The minimum atomic E-state index is -2.63. The average molecular weight is 330 g/mol. The Morgan fingerprint density at radius 1 is 1.73 bits per heavy atom. The van der Waals surface area contributed by atoms with Gasteiger partial charge in [0.1, 0.15) is 5.69 Å². The largest absolute Gasteiger partial charge is 0.481 e. The molecule has 84 valence electrons. The number of carbonyl (C=O) groups is 1. The second-order valence-electron chi connectivity index (χ2n) is 3.09. The van der Waals surface area contributed by atoms with Gasteiger partial charge in [0, 0.05) is 6.20 Å². The van der Waals surface area contributed by atoms with Crippen molar-refractivity contribution in [3.8, 4) is 0 Å². The maximum atomic E-state index is 12.4. The van der Waals surface area contributed by atoms with Gasteiger partial charge in [-0.3, -0.25) is 9.48 Å². The summed E-state index contributed by atoms with van der Waals surface area (Å²) < 4.78 is 26.3. The highest BCUT2D eigenvalue weighted by molar-refractivity contribution is 14.1. The summed E-state index contributed by atoms with van der Waals surface area (Å²) in [7, 11) is 0. The third kappa shape index (κ3) is 3.11. The Hall–Kier alpha value is -0.730. The Balaban J connectivity index is 2.87. The van der Waals surface area contributed by atoms with E-state index in [1.54, 1.807) is 29.5 Å². The quantitative estimate of drug-likeness (QED) is 0.863. The van der Waals surface area contributed by atoms with Crippen LogP contribution in [0.3, 0.4) is 0 Å². The van der Waals surface area contributed by atoms with Gasteiger partial charge in [-0.05, 0) is 29.5 Å². The van der Waals surface area contributed by atoms with Crippen LogP contribution in [0.15, 0.2) is 6.20 Å². The molecule has 1 rings (SSSR count). The molecule has 0 radical (unpaired) electrons. The molecule has 1 atom stereocenters. The lowest BCUT2D eigenvalue weighted by Crippen LogP contribution is -2.11. The van der Waals surface area contributed by atoms with Gasteiger partial charge in [-0.15, -0.1) is 0 Å². The summed E-state index contributed by atoms with van der Waals surface area (Å²) in [6, 6.07) is -0.427. The Kier molecular flexibility index (Phi) is 4.00. The Labute approximate surface area is 98.4 Å². The van der Waals surface area contributed by atoms with Crippen molar-refractivity contribution in [2.75, 3.05) is 0 Å². The zero-order valence-corrected chi connectivity index (χ0v) is 9.98. The summed E-state index contributed by atoms with van der Waals surface area (Å²) in [5.41, 5.74) is -0.298. The van der Waals surface area contributed by atoms with Crippen LogP contribution in [0.25, 0.3) is 0 Å². The molecule has 0 aliphatic carbocycles. The van der Waals surface area contributed by atoms with Gasteiger partial charge >= 0.3 is 5.97 Å². The van der Waals surface area contributed by atoms with Gasteiger partial charge < -0.3 is 5.11 Å². The monoisotopic (exact) mass is 330 g/mol. The Morgan fingerprint density at radius 3 is 2.73 bits per heavy atom. The van der Waals surface area contributed by atoms with Crippen LogP contribution in [0.2, 0.25) is 0 Å². The van der Waals surface area contributed by atoms with E-state index in [4.69, 9.17) is 5.11 Å². The summed E-state index contributed by atoms with van der Waals surface area (Å²) >= 11 is 1.75. The molecule has 15 heavy (non-hydrogen) atoms. The number of aliphatic carboxylic acids is 1. The van der Waals surface area contributed by atoms with Crippen molar-refractivity contribution in [3.63, 3.8) is 0 Å². The number of rotatable bonds is 4. The molecule has 1 heterocycles. The van der Waals surface area contributed by atoms with E-state index in [2.05, 4.69) is 5.10 Å². The number of nitrogens with zero attached hydrogens (tertiary/aromatic N) is 2. The van der Waals surface area contributed by atoms with E-state index in [0.717, 1.165) is 0 Å². The molecule has 0 aromatic carbocycles. The molecule has 0 amide bonds. The maximum absolute atomic E-state index is 12.4. The van der Waals surface area contributed by atoms with E-state index in [-0.39, 0.29) is 12.1 Å². The Morgan fingerprint density at radius 2 is 2.33 bits per heavy atom. The summed E-state index contributed by atoms with van der Waals surface area (Å²) in [4.78, 5) is 10.4. The molecule has 4 nitrogen and oxygen atoms in total. The average Bonchev–Trinajstić information content (AvgIpc) is 2.46. The topological polar surface area (TPSA) is 55.1 Å². The van der Waals surface area contributed by atoms with E-state index in [0.29, 0.717) is 3.57 Å². The summed E-state index contributed by atoms with van der Waals surface area (Å²) in [5, 5.41) is 12.2. The maximum Gasteiger partial charge on any atom is 0.305 e. The van der Waals surface area contributed by atoms with E-state index in [1.807, 2.05) is 0 Å². The number of carboxylic acid groups (broad SMARTS) is 1. The number of halogens is 3. The molecule has 0 saturated carbocycles. The highest BCUT2D eigenvalue weighted by Gasteiger charge is 2.19. The lowest BCUT2D eigenvalue weighted by molar-refractivity contribution is -0.137. The molecule has 0 aliphatic rings. The smallest absolute Gasteiger partial charge is 0.305 e. The molecule has 0 fully saturated rings. The fourth-order valence-electron chi connectivity index (χ4n) is 1.10. The van der Waals surface area contributed by atoms with Crippen molar-refractivity contribution in [2.45, 2.75) is 25.8 Å². The normalized spacial score (nSPS) is 13.1. The highest BCUT2D eigenvalue weighted by Crippen LogP contribution is 2.24. The SMILES string of the molecule is C[C@H](CC(=O)O)n1cc(I)c(C(F)F)n1. The zero-order chi connectivity index (χ0) is 11.6.